The van der Waals surface area contributed by atoms with Crippen LogP contribution in [0.2, 0.25) is 0 Å². The first-order valence-corrected chi connectivity index (χ1v) is 6.39. The lowest BCUT2D eigenvalue weighted by atomic mass is 9.97. The van der Waals surface area contributed by atoms with Crippen molar-refractivity contribution in [3.8, 4) is 0 Å². The Labute approximate surface area is 103 Å². The second-order valence-corrected chi connectivity index (χ2v) is 5.69. The van der Waals surface area contributed by atoms with E-state index in [2.05, 4.69) is 10.2 Å². The number of piperazine rings is 1. The molecule has 1 amide bonds. The molecule has 0 bridgehead atoms. The van der Waals surface area contributed by atoms with E-state index in [-0.39, 0.29) is 23.6 Å². The van der Waals surface area contributed by atoms with Gasteiger partial charge in [-0.2, -0.15) is 0 Å². The summed E-state index contributed by atoms with van der Waals surface area (Å²) in [5.74, 6) is 0.0433. The summed E-state index contributed by atoms with van der Waals surface area (Å²) in [6.07, 6.45) is 2.49. The van der Waals surface area contributed by atoms with Crippen molar-refractivity contribution >= 4 is 5.91 Å². The molecule has 0 aliphatic carbocycles. The van der Waals surface area contributed by atoms with E-state index < -0.39 is 0 Å². The molecule has 5 heteroatoms. The number of nitrogens with two attached hydrogens (primary N) is 1. The lowest BCUT2D eigenvalue weighted by Crippen LogP contribution is -2.67. The van der Waals surface area contributed by atoms with Crippen molar-refractivity contribution in [2.24, 2.45) is 5.73 Å². The molecule has 17 heavy (non-hydrogen) atoms. The SMILES string of the molecule is CC1(C)CN(CC2CCCO2)C(CN)C(=O)N1. The second-order valence-electron chi connectivity index (χ2n) is 5.69. The van der Waals surface area contributed by atoms with Crippen LogP contribution >= 0.6 is 0 Å². The first kappa shape index (κ1) is 12.8. The normalized spacial score (nSPS) is 33.7. The molecule has 2 aliphatic heterocycles. The molecular formula is C12H23N3O2. The Balaban J connectivity index is 2.02. The quantitative estimate of drug-likeness (QED) is 0.712. The van der Waals surface area contributed by atoms with Gasteiger partial charge < -0.3 is 15.8 Å². The van der Waals surface area contributed by atoms with E-state index in [1.54, 1.807) is 0 Å². The highest BCUT2D eigenvalue weighted by Gasteiger charge is 2.38. The number of carbonyl (C=O) groups is 1. The minimum absolute atomic E-state index is 0.0433. The fraction of sp³-hybridized carbons (Fsp3) is 0.917. The Morgan fingerprint density at radius 1 is 1.59 bits per heavy atom. The number of rotatable bonds is 3. The highest BCUT2D eigenvalue weighted by molar-refractivity contribution is 5.83. The van der Waals surface area contributed by atoms with E-state index in [9.17, 15) is 4.79 Å². The summed E-state index contributed by atoms with van der Waals surface area (Å²) in [6, 6.07) is -0.202. The molecule has 2 heterocycles. The molecule has 3 N–H and O–H groups in total. The number of hydrogen-bond donors (Lipinski definition) is 2. The summed E-state index contributed by atoms with van der Waals surface area (Å²) in [4.78, 5) is 14.1. The molecule has 0 aromatic rings. The Hall–Kier alpha value is -0.650. The molecule has 0 aromatic heterocycles. The standard InChI is InChI=1S/C12H23N3O2/c1-12(2)8-15(7-9-4-3-5-17-9)10(6-13)11(16)14-12/h9-10H,3-8,13H2,1-2H3,(H,14,16). The summed E-state index contributed by atoms with van der Waals surface area (Å²) >= 11 is 0. The maximum absolute atomic E-state index is 12.0. The summed E-state index contributed by atoms with van der Waals surface area (Å²) < 4.78 is 5.64. The molecule has 0 radical (unpaired) electrons. The van der Waals surface area contributed by atoms with E-state index in [0.717, 1.165) is 32.5 Å². The molecule has 0 spiro atoms. The van der Waals surface area contributed by atoms with E-state index in [4.69, 9.17) is 10.5 Å². The van der Waals surface area contributed by atoms with Gasteiger partial charge in [0, 0.05) is 31.8 Å². The van der Waals surface area contributed by atoms with Crippen LogP contribution in [0.4, 0.5) is 0 Å². The third kappa shape index (κ3) is 2.97. The molecule has 5 nitrogen and oxygen atoms in total. The topological polar surface area (TPSA) is 67.6 Å². The average molecular weight is 241 g/mol. The summed E-state index contributed by atoms with van der Waals surface area (Å²) in [7, 11) is 0. The van der Waals surface area contributed by atoms with Crippen LogP contribution in [0.25, 0.3) is 0 Å². The van der Waals surface area contributed by atoms with Gasteiger partial charge in [-0.05, 0) is 26.7 Å². The Morgan fingerprint density at radius 3 is 2.94 bits per heavy atom. The predicted octanol–water partition coefficient (Wildman–Crippen LogP) is -0.297. The highest BCUT2D eigenvalue weighted by atomic mass is 16.5. The van der Waals surface area contributed by atoms with Crippen LogP contribution in [0.15, 0.2) is 0 Å². The molecule has 2 fully saturated rings. The molecule has 2 rings (SSSR count). The Kier molecular flexibility index (Phi) is 3.70. The van der Waals surface area contributed by atoms with Crippen LogP contribution < -0.4 is 11.1 Å². The Morgan fingerprint density at radius 2 is 2.35 bits per heavy atom. The second kappa shape index (κ2) is 4.92. The van der Waals surface area contributed by atoms with Crippen LogP contribution in [-0.2, 0) is 9.53 Å². The monoisotopic (exact) mass is 241 g/mol. The first-order valence-electron chi connectivity index (χ1n) is 6.39. The van der Waals surface area contributed by atoms with Crippen LogP contribution in [0, 0.1) is 0 Å². The summed E-state index contributed by atoms with van der Waals surface area (Å²) in [5.41, 5.74) is 5.52. The zero-order valence-corrected chi connectivity index (χ0v) is 10.7. The van der Waals surface area contributed by atoms with Crippen molar-refractivity contribution in [2.45, 2.75) is 44.4 Å². The van der Waals surface area contributed by atoms with Gasteiger partial charge in [0.05, 0.1) is 6.10 Å². The van der Waals surface area contributed by atoms with Gasteiger partial charge in [-0.25, -0.2) is 0 Å². The predicted molar refractivity (Wildman–Crippen MR) is 65.6 cm³/mol. The summed E-state index contributed by atoms with van der Waals surface area (Å²) in [5, 5.41) is 3.01. The fourth-order valence-corrected chi connectivity index (χ4v) is 2.74. The molecule has 2 saturated heterocycles. The minimum atomic E-state index is -0.202. The van der Waals surface area contributed by atoms with Crippen molar-refractivity contribution < 1.29 is 9.53 Å². The maximum atomic E-state index is 12.0. The van der Waals surface area contributed by atoms with E-state index in [0.29, 0.717) is 6.54 Å². The van der Waals surface area contributed by atoms with Gasteiger partial charge in [0.1, 0.15) is 6.04 Å². The third-order valence-corrected chi connectivity index (χ3v) is 3.49. The van der Waals surface area contributed by atoms with E-state index in [1.165, 1.54) is 0 Å². The number of nitrogens with zero attached hydrogens (tertiary/aromatic N) is 1. The van der Waals surface area contributed by atoms with Gasteiger partial charge in [0.2, 0.25) is 5.91 Å². The lowest BCUT2D eigenvalue weighted by molar-refractivity contribution is -0.133. The zero-order valence-electron chi connectivity index (χ0n) is 10.7. The number of ether oxygens (including phenoxy) is 1. The van der Waals surface area contributed by atoms with Gasteiger partial charge >= 0.3 is 0 Å². The maximum Gasteiger partial charge on any atom is 0.239 e. The number of carbonyl (C=O) groups excluding carboxylic acids is 1. The molecule has 2 unspecified atom stereocenters. The Bertz CT molecular complexity index is 287. The molecule has 0 saturated carbocycles. The van der Waals surface area contributed by atoms with Crippen molar-refractivity contribution in [1.29, 1.82) is 0 Å². The number of amides is 1. The van der Waals surface area contributed by atoms with Crippen molar-refractivity contribution in [3.05, 3.63) is 0 Å². The molecular weight excluding hydrogens is 218 g/mol. The molecule has 98 valence electrons. The molecule has 2 atom stereocenters. The van der Waals surface area contributed by atoms with Crippen LogP contribution in [0.1, 0.15) is 26.7 Å². The van der Waals surface area contributed by atoms with Crippen molar-refractivity contribution in [2.75, 3.05) is 26.2 Å². The third-order valence-electron chi connectivity index (χ3n) is 3.49. The zero-order chi connectivity index (χ0) is 12.5. The largest absolute Gasteiger partial charge is 0.377 e. The molecule has 2 aliphatic rings. The van der Waals surface area contributed by atoms with Crippen molar-refractivity contribution in [3.63, 3.8) is 0 Å². The smallest absolute Gasteiger partial charge is 0.239 e. The van der Waals surface area contributed by atoms with Gasteiger partial charge in [0.25, 0.3) is 0 Å². The van der Waals surface area contributed by atoms with E-state index in [1.807, 2.05) is 13.8 Å². The van der Waals surface area contributed by atoms with Crippen molar-refractivity contribution in [1.82, 2.24) is 10.2 Å². The van der Waals surface area contributed by atoms with Gasteiger partial charge in [0.15, 0.2) is 0 Å². The van der Waals surface area contributed by atoms with Gasteiger partial charge in [-0.15, -0.1) is 0 Å². The van der Waals surface area contributed by atoms with Crippen LogP contribution in [0.5, 0.6) is 0 Å². The fourth-order valence-electron chi connectivity index (χ4n) is 2.74. The average Bonchev–Trinajstić information content (AvgIpc) is 2.68. The number of hydrogen-bond acceptors (Lipinski definition) is 4. The summed E-state index contributed by atoms with van der Waals surface area (Å²) in [6.45, 7) is 6.95. The van der Waals surface area contributed by atoms with Gasteiger partial charge in [-0.1, -0.05) is 0 Å². The lowest BCUT2D eigenvalue weighted by Gasteiger charge is -2.44. The highest BCUT2D eigenvalue weighted by Crippen LogP contribution is 2.20. The van der Waals surface area contributed by atoms with E-state index >= 15 is 0 Å². The van der Waals surface area contributed by atoms with Crippen LogP contribution in [-0.4, -0.2) is 54.7 Å². The van der Waals surface area contributed by atoms with Gasteiger partial charge in [-0.3, -0.25) is 9.69 Å². The first-order chi connectivity index (χ1) is 8.02. The molecule has 0 aromatic carbocycles. The minimum Gasteiger partial charge on any atom is -0.377 e. The number of nitrogens with one attached hydrogen (secondary N) is 1. The van der Waals surface area contributed by atoms with Crippen LogP contribution in [0.3, 0.4) is 0 Å².